The summed E-state index contributed by atoms with van der Waals surface area (Å²) >= 11 is 0. The number of allylic oxidation sites excluding steroid dienone is 12. The second-order valence-corrected chi connectivity index (χ2v) is 15.4. The Kier molecular flexibility index (Phi) is 6.74. The molecule has 0 heteroatoms. The Morgan fingerprint density at radius 2 is 0.783 bits per heavy atom. The average Bonchev–Trinajstić information content (AvgIpc) is 3.02. The molecule has 1 unspecified atom stereocenters. The summed E-state index contributed by atoms with van der Waals surface area (Å²) in [5, 5.41) is 0. The smallest absolute Gasteiger partial charge is 0.0450 e. The molecule has 0 N–H and O–H groups in total. The highest BCUT2D eigenvalue weighted by molar-refractivity contribution is 6.00. The maximum absolute atomic E-state index is 3.76. The lowest BCUT2D eigenvalue weighted by Gasteiger charge is -2.60. The molecule has 226 valence electrons. The highest BCUT2D eigenvalue weighted by Crippen LogP contribution is 2.72. The molecule has 0 aromatic heterocycles. The third kappa shape index (κ3) is 4.47. The summed E-state index contributed by atoms with van der Waals surface area (Å²) < 4.78 is 0. The van der Waals surface area contributed by atoms with Crippen LogP contribution in [0, 0.1) is 45.3 Å². The fourth-order valence-electron chi connectivity index (χ4n) is 7.65. The van der Waals surface area contributed by atoms with Crippen molar-refractivity contribution in [2.45, 2.75) is 55.4 Å². The molecule has 0 spiro atoms. The molecule has 0 saturated heterocycles. The van der Waals surface area contributed by atoms with Gasteiger partial charge in [0, 0.05) is 33.1 Å². The Morgan fingerprint density at radius 1 is 0.435 bits per heavy atom. The van der Waals surface area contributed by atoms with E-state index in [-0.39, 0.29) is 21.7 Å². The lowest BCUT2D eigenvalue weighted by atomic mass is 9.41. The first-order chi connectivity index (χ1) is 21.8. The molecule has 2 atom stereocenters. The quantitative estimate of drug-likeness (QED) is 0.227. The van der Waals surface area contributed by atoms with Crippen LogP contribution in [0.2, 0.25) is 0 Å². The minimum Gasteiger partial charge on any atom is -0.0622 e. The van der Waals surface area contributed by atoms with Crippen molar-refractivity contribution < 1.29 is 0 Å². The number of benzene rings is 3. The lowest BCUT2D eigenvalue weighted by Crippen LogP contribution is -2.50. The summed E-state index contributed by atoms with van der Waals surface area (Å²) in [6, 6.07) is 29.7. The Hall–Kier alpha value is -4.78. The van der Waals surface area contributed by atoms with Gasteiger partial charge in [-0.3, -0.25) is 0 Å². The number of hydrogen-bond donors (Lipinski definition) is 0. The monoisotopic (exact) mass is 594 g/mol. The van der Waals surface area contributed by atoms with Crippen LogP contribution in [-0.4, -0.2) is 0 Å². The summed E-state index contributed by atoms with van der Waals surface area (Å²) in [5.74, 6) is 14.6. The average molecular weight is 595 g/mol. The number of fused-ring (bicyclic) bond motifs is 3. The van der Waals surface area contributed by atoms with Crippen molar-refractivity contribution in [3.05, 3.63) is 165 Å². The zero-order valence-electron chi connectivity index (χ0n) is 28.4. The Bertz CT molecular complexity index is 1940. The first-order valence-electron chi connectivity index (χ1n) is 16.5. The van der Waals surface area contributed by atoms with E-state index in [0.29, 0.717) is 0 Å². The van der Waals surface area contributed by atoms with Gasteiger partial charge in [-0.15, -0.1) is 0 Å². The van der Waals surface area contributed by atoms with E-state index in [0.717, 1.165) is 22.3 Å². The van der Waals surface area contributed by atoms with Crippen molar-refractivity contribution in [3.63, 3.8) is 0 Å². The Balaban J connectivity index is 1.68. The van der Waals surface area contributed by atoms with Gasteiger partial charge >= 0.3 is 0 Å². The van der Waals surface area contributed by atoms with Crippen molar-refractivity contribution >= 4 is 11.1 Å². The van der Waals surface area contributed by atoms with E-state index in [9.17, 15) is 0 Å². The number of hydrogen-bond acceptors (Lipinski definition) is 0. The van der Waals surface area contributed by atoms with E-state index in [1.165, 1.54) is 44.6 Å². The van der Waals surface area contributed by atoms with Crippen LogP contribution in [0.1, 0.15) is 77.6 Å². The zero-order chi connectivity index (χ0) is 32.5. The predicted molar refractivity (Wildman–Crippen MR) is 194 cm³/mol. The second-order valence-electron chi connectivity index (χ2n) is 15.4. The maximum Gasteiger partial charge on any atom is 0.0450 e. The number of rotatable bonds is 0. The Morgan fingerprint density at radius 3 is 1.13 bits per heavy atom. The molecular formula is C46H42. The summed E-state index contributed by atoms with van der Waals surface area (Å²) in [6.45, 7) is 18.8. The normalized spacial score (nSPS) is 23.0. The van der Waals surface area contributed by atoms with Gasteiger partial charge in [-0.25, -0.2) is 0 Å². The maximum atomic E-state index is 3.76. The van der Waals surface area contributed by atoms with Crippen LogP contribution >= 0.6 is 0 Å². The lowest BCUT2D eigenvalue weighted by molar-refractivity contribution is 0.295. The molecule has 4 aliphatic carbocycles. The van der Waals surface area contributed by atoms with E-state index in [1.54, 1.807) is 0 Å². The van der Waals surface area contributed by atoms with Gasteiger partial charge in [0.05, 0.1) is 0 Å². The second kappa shape index (κ2) is 10.4. The fraction of sp³-hybridized carbons (Fsp3) is 0.261. The molecule has 0 nitrogen and oxygen atoms in total. The van der Waals surface area contributed by atoms with Crippen LogP contribution in [0.5, 0.6) is 0 Å². The summed E-state index contributed by atoms with van der Waals surface area (Å²) in [6.07, 6.45) is 9.90. The molecule has 0 aliphatic heterocycles. The van der Waals surface area contributed by atoms with Gasteiger partial charge in [-0.05, 0) is 79.7 Å². The third-order valence-electron chi connectivity index (χ3n) is 10.6. The summed E-state index contributed by atoms with van der Waals surface area (Å²) in [5.41, 5.74) is 13.9. The van der Waals surface area contributed by atoms with Crippen LogP contribution in [0.15, 0.2) is 143 Å². The molecule has 0 bridgehead atoms. The van der Waals surface area contributed by atoms with Crippen LogP contribution in [0.25, 0.3) is 11.1 Å². The molecular weight excluding hydrogens is 553 g/mol. The highest BCUT2D eigenvalue weighted by atomic mass is 14.6. The van der Waals surface area contributed by atoms with Crippen LogP contribution in [0.3, 0.4) is 0 Å². The third-order valence-corrected chi connectivity index (χ3v) is 10.6. The first kappa shape index (κ1) is 29.9. The molecule has 0 radical (unpaired) electrons. The van der Waals surface area contributed by atoms with Gasteiger partial charge < -0.3 is 0 Å². The van der Waals surface area contributed by atoms with Crippen molar-refractivity contribution in [1.29, 1.82) is 0 Å². The van der Waals surface area contributed by atoms with Gasteiger partial charge in [0.1, 0.15) is 0 Å². The molecule has 4 aliphatic rings. The largest absolute Gasteiger partial charge is 0.0622 e. The van der Waals surface area contributed by atoms with E-state index < -0.39 is 0 Å². The van der Waals surface area contributed by atoms with Gasteiger partial charge in [0.2, 0.25) is 0 Å². The zero-order valence-corrected chi connectivity index (χ0v) is 28.4. The van der Waals surface area contributed by atoms with Gasteiger partial charge in [-0.1, -0.05) is 164 Å². The van der Waals surface area contributed by atoms with Gasteiger partial charge in [0.15, 0.2) is 0 Å². The van der Waals surface area contributed by atoms with Crippen molar-refractivity contribution in [2.75, 3.05) is 0 Å². The van der Waals surface area contributed by atoms with Crippen molar-refractivity contribution in [3.8, 4) is 23.7 Å². The van der Waals surface area contributed by atoms with Crippen molar-refractivity contribution in [2.24, 2.45) is 21.7 Å². The van der Waals surface area contributed by atoms with Crippen LogP contribution in [-0.2, 0) is 0 Å². The van der Waals surface area contributed by atoms with E-state index in [1.807, 2.05) is 12.1 Å². The minimum atomic E-state index is -0.351. The van der Waals surface area contributed by atoms with E-state index in [4.69, 9.17) is 0 Å². The molecule has 0 amide bonds. The van der Waals surface area contributed by atoms with E-state index >= 15 is 0 Å². The Labute approximate surface area is 276 Å². The minimum absolute atomic E-state index is 0.0446. The van der Waals surface area contributed by atoms with Crippen LogP contribution in [0.4, 0.5) is 0 Å². The predicted octanol–water partition coefficient (Wildman–Crippen LogP) is 11.2. The molecule has 0 fully saturated rings. The van der Waals surface area contributed by atoms with E-state index in [2.05, 4.69) is 176 Å². The molecule has 3 aromatic rings. The summed E-state index contributed by atoms with van der Waals surface area (Å²) in [7, 11) is 0. The highest BCUT2D eigenvalue weighted by Gasteiger charge is 2.61. The standard InChI is InChI=1S/C46H42/c1-43(2,3)33-27-39-35-21-15-16-22-36(35)40-28-34(44(4,5)6)30-42-38(26-24-32-19-13-10-14-20-32)37(25-23-31-17-11-9-12-18-31)41(29-33)45(39,7)46(40,42)8/h9-22,27-30H,1-8H3/t45-,46?/m0/s1. The topological polar surface area (TPSA) is 0 Å². The van der Waals surface area contributed by atoms with Crippen molar-refractivity contribution in [1.82, 2.24) is 0 Å². The summed E-state index contributed by atoms with van der Waals surface area (Å²) in [4.78, 5) is 0. The molecule has 0 heterocycles. The SMILES string of the molecule is CC(C)(C)C1=CC2=C(C#Cc3ccccc3)C(C#Cc3ccccc3)=C3C=C(C(C)(C)C)C=C4c5ccccc5C(=C1)C2(C)[C@@]43C. The van der Waals surface area contributed by atoms with Gasteiger partial charge in [0.25, 0.3) is 0 Å². The molecule has 0 saturated carbocycles. The van der Waals surface area contributed by atoms with Gasteiger partial charge in [-0.2, -0.15) is 0 Å². The molecule has 7 rings (SSSR count). The van der Waals surface area contributed by atoms with Crippen LogP contribution < -0.4 is 0 Å². The first-order valence-corrected chi connectivity index (χ1v) is 16.5. The molecule has 3 aromatic carbocycles. The molecule has 46 heavy (non-hydrogen) atoms. The fourth-order valence-corrected chi connectivity index (χ4v) is 7.65.